The molecule has 0 bridgehead atoms. The van der Waals surface area contributed by atoms with Crippen LogP contribution in [-0.2, 0) is 12.8 Å². The number of carbonyl (C=O) groups is 2. The fourth-order valence-corrected chi connectivity index (χ4v) is 4.39. The first-order valence-corrected chi connectivity index (χ1v) is 9.81. The number of carbonyl (C=O) groups excluding carboxylic acids is 2. The van der Waals surface area contributed by atoms with Crippen LogP contribution in [0.1, 0.15) is 49.8 Å². The number of hydrogen-bond donors (Lipinski definition) is 2. The maximum Gasteiger partial charge on any atom is 0.291 e. The van der Waals surface area contributed by atoms with Gasteiger partial charge in [-0.3, -0.25) is 9.59 Å². The second kappa shape index (κ2) is 7.40. The van der Waals surface area contributed by atoms with E-state index in [1.165, 1.54) is 35.1 Å². The summed E-state index contributed by atoms with van der Waals surface area (Å²) in [7, 11) is 0. The van der Waals surface area contributed by atoms with E-state index in [1.807, 2.05) is 19.1 Å². The van der Waals surface area contributed by atoms with Crippen molar-refractivity contribution in [3.63, 3.8) is 0 Å². The summed E-state index contributed by atoms with van der Waals surface area (Å²) in [5.74, 6) is -0.233. The van der Waals surface area contributed by atoms with Gasteiger partial charge >= 0.3 is 0 Å². The van der Waals surface area contributed by atoms with Crippen LogP contribution in [0.2, 0.25) is 0 Å². The molecule has 5 nitrogen and oxygen atoms in total. The molecule has 0 spiro atoms. The zero-order chi connectivity index (χ0) is 18.8. The Morgan fingerprint density at radius 2 is 1.89 bits per heavy atom. The number of hydrogen-bond acceptors (Lipinski definition) is 4. The molecule has 1 aliphatic rings. The molecule has 0 atom stereocenters. The van der Waals surface area contributed by atoms with E-state index in [9.17, 15) is 9.59 Å². The van der Waals surface area contributed by atoms with Crippen LogP contribution in [0.15, 0.2) is 47.1 Å². The predicted octanol–water partition coefficient (Wildman–Crippen LogP) is 5.03. The van der Waals surface area contributed by atoms with Gasteiger partial charge in [-0.1, -0.05) is 12.1 Å². The summed E-state index contributed by atoms with van der Waals surface area (Å²) in [6, 6.07) is 11.2. The Kier molecular flexibility index (Phi) is 4.81. The van der Waals surface area contributed by atoms with E-state index >= 15 is 0 Å². The van der Waals surface area contributed by atoms with Crippen LogP contribution >= 0.6 is 11.3 Å². The molecule has 1 aromatic carbocycles. The molecule has 2 amide bonds. The predicted molar refractivity (Wildman–Crippen MR) is 107 cm³/mol. The molecule has 0 saturated heterocycles. The van der Waals surface area contributed by atoms with Crippen molar-refractivity contribution in [2.45, 2.75) is 32.6 Å². The highest BCUT2D eigenvalue weighted by molar-refractivity contribution is 7.18. The van der Waals surface area contributed by atoms with E-state index in [-0.39, 0.29) is 17.6 Å². The fourth-order valence-electron chi connectivity index (χ4n) is 3.43. The first-order valence-electron chi connectivity index (χ1n) is 8.99. The lowest BCUT2D eigenvalue weighted by Gasteiger charge is -2.19. The summed E-state index contributed by atoms with van der Waals surface area (Å²) in [5.41, 5.74) is 4.30. The molecule has 27 heavy (non-hydrogen) atoms. The molecular formula is C21H20N2O3S. The second-order valence-electron chi connectivity index (χ2n) is 6.66. The van der Waals surface area contributed by atoms with E-state index in [0.29, 0.717) is 9.88 Å². The average molecular weight is 380 g/mol. The Bertz CT molecular complexity index is 989. The zero-order valence-corrected chi connectivity index (χ0v) is 15.8. The summed E-state index contributed by atoms with van der Waals surface area (Å²) in [5, 5.41) is 6.46. The highest BCUT2D eigenvalue weighted by atomic mass is 32.1. The van der Waals surface area contributed by atoms with Crippen molar-refractivity contribution in [1.29, 1.82) is 0 Å². The Balaban J connectivity index is 1.51. The summed E-state index contributed by atoms with van der Waals surface area (Å²) >= 11 is 1.26. The molecule has 0 radical (unpaired) electrons. The Morgan fingerprint density at radius 1 is 1.04 bits per heavy atom. The Labute approximate surface area is 161 Å². The maximum atomic E-state index is 12.8. The highest BCUT2D eigenvalue weighted by Gasteiger charge is 2.19. The van der Waals surface area contributed by atoms with Gasteiger partial charge in [0.1, 0.15) is 0 Å². The first-order chi connectivity index (χ1) is 13.1. The first kappa shape index (κ1) is 17.5. The van der Waals surface area contributed by atoms with Gasteiger partial charge in [0.05, 0.1) is 16.1 Å². The van der Waals surface area contributed by atoms with Gasteiger partial charge in [0.2, 0.25) is 0 Å². The molecule has 0 unspecified atom stereocenters. The number of furan rings is 1. The molecule has 138 valence electrons. The summed E-state index contributed by atoms with van der Waals surface area (Å²) in [6.07, 6.45) is 5.88. The van der Waals surface area contributed by atoms with E-state index < -0.39 is 0 Å². The summed E-state index contributed by atoms with van der Waals surface area (Å²) in [4.78, 5) is 25.5. The molecule has 0 fully saturated rings. The van der Waals surface area contributed by atoms with E-state index in [4.69, 9.17) is 4.42 Å². The van der Waals surface area contributed by atoms with E-state index in [0.717, 1.165) is 30.5 Å². The fraction of sp³-hybridized carbons (Fsp3) is 0.238. The smallest absolute Gasteiger partial charge is 0.291 e. The van der Waals surface area contributed by atoms with Gasteiger partial charge in [-0.15, -0.1) is 11.3 Å². The SMILES string of the molecule is Cc1cc(NC(=O)c2ccco2)sc1C(=O)Nc1cccc2c1CCCC2. The van der Waals surface area contributed by atoms with Crippen LogP contribution in [0.4, 0.5) is 10.7 Å². The van der Waals surface area contributed by atoms with E-state index in [2.05, 4.69) is 16.7 Å². The third-order valence-electron chi connectivity index (χ3n) is 4.75. The molecule has 3 aromatic rings. The average Bonchev–Trinajstić information content (AvgIpc) is 3.32. The minimum absolute atomic E-state index is 0.144. The number of fused-ring (bicyclic) bond motifs is 1. The van der Waals surface area contributed by atoms with Crippen molar-refractivity contribution < 1.29 is 14.0 Å². The number of rotatable bonds is 4. The van der Waals surface area contributed by atoms with Gasteiger partial charge in [0.15, 0.2) is 5.76 Å². The van der Waals surface area contributed by atoms with Gasteiger partial charge in [0, 0.05) is 5.69 Å². The molecule has 2 N–H and O–H groups in total. The largest absolute Gasteiger partial charge is 0.459 e. The lowest BCUT2D eigenvalue weighted by Crippen LogP contribution is -2.15. The van der Waals surface area contributed by atoms with Crippen LogP contribution in [0, 0.1) is 6.92 Å². The maximum absolute atomic E-state index is 12.8. The zero-order valence-electron chi connectivity index (χ0n) is 15.0. The van der Waals surface area contributed by atoms with Crippen molar-refractivity contribution in [1.82, 2.24) is 0 Å². The Hall–Kier alpha value is -2.86. The number of aryl methyl sites for hydroxylation is 2. The topological polar surface area (TPSA) is 71.3 Å². The second-order valence-corrected chi connectivity index (χ2v) is 7.71. The van der Waals surface area contributed by atoms with Crippen molar-refractivity contribution in [2.24, 2.45) is 0 Å². The quantitative estimate of drug-likeness (QED) is 0.667. The third-order valence-corrected chi connectivity index (χ3v) is 5.90. The number of benzene rings is 1. The minimum atomic E-state index is -0.328. The van der Waals surface area contributed by atoms with Crippen LogP contribution in [-0.4, -0.2) is 11.8 Å². The van der Waals surface area contributed by atoms with Gasteiger partial charge in [-0.25, -0.2) is 0 Å². The molecule has 0 aliphatic heterocycles. The molecule has 4 rings (SSSR count). The molecular weight excluding hydrogens is 360 g/mol. The normalized spacial score (nSPS) is 13.1. The third kappa shape index (κ3) is 3.66. The van der Waals surface area contributed by atoms with Crippen LogP contribution in [0.25, 0.3) is 0 Å². The number of thiophene rings is 1. The lowest BCUT2D eigenvalue weighted by molar-refractivity contribution is 0.0995. The monoisotopic (exact) mass is 380 g/mol. The van der Waals surface area contributed by atoms with Crippen molar-refractivity contribution in [2.75, 3.05) is 10.6 Å². The van der Waals surface area contributed by atoms with Gasteiger partial charge in [-0.05, 0) is 73.6 Å². The van der Waals surface area contributed by atoms with Crippen LogP contribution < -0.4 is 10.6 Å². The van der Waals surface area contributed by atoms with Gasteiger partial charge in [0.25, 0.3) is 11.8 Å². The van der Waals surface area contributed by atoms with Crippen molar-refractivity contribution >= 4 is 33.8 Å². The number of amides is 2. The number of nitrogens with one attached hydrogen (secondary N) is 2. The summed E-state index contributed by atoms with van der Waals surface area (Å²) in [6.45, 7) is 1.87. The van der Waals surface area contributed by atoms with Gasteiger partial charge in [-0.2, -0.15) is 0 Å². The van der Waals surface area contributed by atoms with E-state index in [1.54, 1.807) is 18.2 Å². The highest BCUT2D eigenvalue weighted by Crippen LogP contribution is 2.31. The molecule has 0 saturated carbocycles. The Morgan fingerprint density at radius 3 is 2.70 bits per heavy atom. The standard InChI is InChI=1S/C21H20N2O3S/c1-13-12-18(23-20(24)17-10-5-11-26-17)27-19(13)21(25)22-16-9-4-7-14-6-2-3-8-15(14)16/h4-5,7,9-12H,2-3,6,8H2,1H3,(H,22,25)(H,23,24). The number of anilines is 2. The van der Waals surface area contributed by atoms with Gasteiger partial charge < -0.3 is 15.1 Å². The molecule has 2 aromatic heterocycles. The molecule has 2 heterocycles. The van der Waals surface area contributed by atoms with Crippen LogP contribution in [0.3, 0.4) is 0 Å². The van der Waals surface area contributed by atoms with Crippen molar-refractivity contribution in [3.05, 3.63) is 70.0 Å². The lowest BCUT2D eigenvalue weighted by atomic mass is 9.90. The summed E-state index contributed by atoms with van der Waals surface area (Å²) < 4.78 is 5.10. The van der Waals surface area contributed by atoms with Crippen LogP contribution in [0.5, 0.6) is 0 Å². The molecule has 1 aliphatic carbocycles. The minimum Gasteiger partial charge on any atom is -0.459 e. The van der Waals surface area contributed by atoms with Crippen molar-refractivity contribution in [3.8, 4) is 0 Å². The molecule has 6 heteroatoms.